The minimum absolute atomic E-state index is 0.0814. The Labute approximate surface area is 120 Å². The molecule has 1 aromatic rings. The molecule has 0 radical (unpaired) electrons. The van der Waals surface area contributed by atoms with Gasteiger partial charge >= 0.3 is 0 Å². The van der Waals surface area contributed by atoms with Gasteiger partial charge < -0.3 is 5.32 Å². The molecule has 4 nitrogen and oxygen atoms in total. The zero-order valence-electron chi connectivity index (χ0n) is 10.1. The van der Waals surface area contributed by atoms with E-state index in [1.807, 2.05) is 6.08 Å². The number of sulfonamides is 1. The van der Waals surface area contributed by atoms with E-state index in [-0.39, 0.29) is 11.4 Å². The van der Waals surface area contributed by atoms with E-state index < -0.39 is 15.8 Å². The molecule has 0 aromatic heterocycles. The zero-order chi connectivity index (χ0) is 13.9. The van der Waals surface area contributed by atoms with Crippen molar-refractivity contribution in [2.75, 3.05) is 19.6 Å². The first kappa shape index (κ1) is 14.6. The number of nitrogens with one attached hydrogen (secondary N) is 2. The summed E-state index contributed by atoms with van der Waals surface area (Å²) in [5.74, 6) is -0.579. The van der Waals surface area contributed by atoms with Gasteiger partial charge in [-0.2, -0.15) is 0 Å². The largest absolute Gasteiger partial charge is 0.313 e. The maximum absolute atomic E-state index is 13.1. The third kappa shape index (κ3) is 3.85. The third-order valence-corrected chi connectivity index (χ3v) is 5.23. The molecule has 0 fully saturated rings. The SMILES string of the molecule is O=S(=O)(NCC1=CCNCC1)c1cc(F)ccc1Br. The van der Waals surface area contributed by atoms with Gasteiger partial charge in [0.05, 0.1) is 4.90 Å². The lowest BCUT2D eigenvalue weighted by atomic mass is 10.1. The van der Waals surface area contributed by atoms with Crippen LogP contribution < -0.4 is 10.0 Å². The van der Waals surface area contributed by atoms with Crippen molar-refractivity contribution in [1.82, 2.24) is 10.0 Å². The van der Waals surface area contributed by atoms with Crippen molar-refractivity contribution in [3.8, 4) is 0 Å². The van der Waals surface area contributed by atoms with Crippen molar-refractivity contribution in [1.29, 1.82) is 0 Å². The van der Waals surface area contributed by atoms with Gasteiger partial charge in [-0.15, -0.1) is 0 Å². The second kappa shape index (κ2) is 6.13. The third-order valence-electron chi connectivity index (χ3n) is 2.83. The van der Waals surface area contributed by atoms with Crippen molar-refractivity contribution in [2.24, 2.45) is 0 Å². The Kier molecular flexibility index (Phi) is 4.72. The molecule has 2 rings (SSSR count). The molecule has 0 amide bonds. The van der Waals surface area contributed by atoms with Crippen LogP contribution in [0.5, 0.6) is 0 Å². The fourth-order valence-corrected chi connectivity index (χ4v) is 3.79. The summed E-state index contributed by atoms with van der Waals surface area (Å²) in [7, 11) is -3.71. The molecule has 19 heavy (non-hydrogen) atoms. The summed E-state index contributed by atoms with van der Waals surface area (Å²) in [6.07, 6.45) is 2.78. The second-order valence-electron chi connectivity index (χ2n) is 4.22. The van der Waals surface area contributed by atoms with E-state index in [0.29, 0.717) is 4.47 Å². The van der Waals surface area contributed by atoms with Gasteiger partial charge in [-0.25, -0.2) is 17.5 Å². The molecule has 0 spiro atoms. The Morgan fingerprint density at radius 1 is 1.42 bits per heavy atom. The van der Waals surface area contributed by atoms with Crippen molar-refractivity contribution in [3.63, 3.8) is 0 Å². The van der Waals surface area contributed by atoms with E-state index in [2.05, 4.69) is 26.0 Å². The van der Waals surface area contributed by atoms with Crippen molar-refractivity contribution < 1.29 is 12.8 Å². The van der Waals surface area contributed by atoms with E-state index >= 15 is 0 Å². The Morgan fingerprint density at radius 3 is 2.89 bits per heavy atom. The van der Waals surface area contributed by atoms with Crippen LogP contribution in [-0.4, -0.2) is 28.1 Å². The molecule has 1 aromatic carbocycles. The van der Waals surface area contributed by atoms with Crippen LogP contribution in [0.1, 0.15) is 6.42 Å². The minimum Gasteiger partial charge on any atom is -0.313 e. The lowest BCUT2D eigenvalue weighted by Gasteiger charge is -2.15. The van der Waals surface area contributed by atoms with Crippen LogP contribution in [0.2, 0.25) is 0 Å². The molecule has 1 aliphatic rings. The monoisotopic (exact) mass is 348 g/mol. The predicted octanol–water partition coefficient (Wildman–Crippen LogP) is 1.79. The van der Waals surface area contributed by atoms with E-state index in [9.17, 15) is 12.8 Å². The summed E-state index contributed by atoms with van der Waals surface area (Å²) in [6.45, 7) is 1.85. The minimum atomic E-state index is -3.71. The van der Waals surface area contributed by atoms with Gasteiger partial charge in [0.15, 0.2) is 0 Å². The van der Waals surface area contributed by atoms with Crippen LogP contribution in [0, 0.1) is 5.82 Å². The lowest BCUT2D eigenvalue weighted by Crippen LogP contribution is -2.30. The Morgan fingerprint density at radius 2 is 2.21 bits per heavy atom. The van der Waals surface area contributed by atoms with Gasteiger partial charge in [0.1, 0.15) is 5.82 Å². The molecule has 1 aliphatic heterocycles. The van der Waals surface area contributed by atoms with Crippen LogP contribution >= 0.6 is 15.9 Å². The maximum atomic E-state index is 13.1. The first-order chi connectivity index (χ1) is 8.99. The molecule has 7 heteroatoms. The summed E-state index contributed by atoms with van der Waals surface area (Å²) in [4.78, 5) is -0.0814. The zero-order valence-corrected chi connectivity index (χ0v) is 12.5. The standard InChI is InChI=1S/C12H14BrFN2O2S/c13-11-2-1-10(14)7-12(11)19(17,18)16-8-9-3-5-15-6-4-9/h1-3,7,15-16H,4-6,8H2. The van der Waals surface area contributed by atoms with E-state index in [0.717, 1.165) is 31.1 Å². The van der Waals surface area contributed by atoms with E-state index in [4.69, 9.17) is 0 Å². The topological polar surface area (TPSA) is 58.2 Å². The molecule has 0 aliphatic carbocycles. The first-order valence-electron chi connectivity index (χ1n) is 5.82. The number of hydrogen-bond donors (Lipinski definition) is 2. The van der Waals surface area contributed by atoms with Gasteiger partial charge in [-0.1, -0.05) is 11.6 Å². The van der Waals surface area contributed by atoms with E-state index in [1.54, 1.807) is 0 Å². The van der Waals surface area contributed by atoms with Gasteiger partial charge in [0.2, 0.25) is 10.0 Å². The molecule has 2 N–H and O–H groups in total. The fourth-order valence-electron chi connectivity index (χ4n) is 1.78. The summed E-state index contributed by atoms with van der Waals surface area (Å²) >= 11 is 3.12. The van der Waals surface area contributed by atoms with Crippen LogP contribution in [-0.2, 0) is 10.0 Å². The van der Waals surface area contributed by atoms with Crippen LogP contribution in [0.15, 0.2) is 39.2 Å². The maximum Gasteiger partial charge on any atom is 0.242 e. The van der Waals surface area contributed by atoms with Gasteiger partial charge in [0, 0.05) is 17.6 Å². The highest BCUT2D eigenvalue weighted by atomic mass is 79.9. The van der Waals surface area contributed by atoms with Crippen LogP contribution in [0.3, 0.4) is 0 Å². The Bertz CT molecular complexity index is 602. The first-order valence-corrected chi connectivity index (χ1v) is 8.10. The normalized spacial score (nSPS) is 16.2. The van der Waals surface area contributed by atoms with Crippen molar-refractivity contribution >= 4 is 26.0 Å². The highest BCUT2D eigenvalue weighted by Crippen LogP contribution is 2.22. The lowest BCUT2D eigenvalue weighted by molar-refractivity contribution is 0.577. The average molecular weight is 349 g/mol. The number of hydrogen-bond acceptors (Lipinski definition) is 3. The molecule has 0 atom stereocenters. The van der Waals surface area contributed by atoms with Crippen LogP contribution in [0.4, 0.5) is 4.39 Å². The summed E-state index contributed by atoms with van der Waals surface area (Å²) in [5, 5.41) is 3.15. The van der Waals surface area contributed by atoms with Gasteiger partial charge in [-0.05, 0) is 47.1 Å². The molecule has 0 saturated heterocycles. The number of rotatable bonds is 4. The molecule has 0 bridgehead atoms. The quantitative estimate of drug-likeness (QED) is 0.815. The van der Waals surface area contributed by atoms with Crippen molar-refractivity contribution in [3.05, 3.63) is 40.1 Å². The molecule has 0 unspecified atom stereocenters. The predicted molar refractivity (Wildman–Crippen MR) is 74.9 cm³/mol. The molecular weight excluding hydrogens is 335 g/mol. The summed E-state index contributed by atoms with van der Waals surface area (Å²) in [6, 6.07) is 3.59. The highest BCUT2D eigenvalue weighted by molar-refractivity contribution is 9.10. The number of benzene rings is 1. The molecular formula is C12H14BrFN2O2S. The van der Waals surface area contributed by atoms with Crippen LogP contribution in [0.25, 0.3) is 0 Å². The second-order valence-corrected chi connectivity index (χ2v) is 6.81. The Balaban J connectivity index is 2.13. The fraction of sp³-hybridized carbons (Fsp3) is 0.333. The van der Waals surface area contributed by atoms with Gasteiger partial charge in [0.25, 0.3) is 0 Å². The average Bonchev–Trinajstić information content (AvgIpc) is 2.40. The summed E-state index contributed by atoms with van der Waals surface area (Å²) in [5.41, 5.74) is 1.04. The summed E-state index contributed by atoms with van der Waals surface area (Å²) < 4.78 is 40.2. The van der Waals surface area contributed by atoms with Gasteiger partial charge in [-0.3, -0.25) is 0 Å². The molecule has 104 valence electrons. The molecule has 1 heterocycles. The number of halogens is 2. The highest BCUT2D eigenvalue weighted by Gasteiger charge is 2.18. The smallest absolute Gasteiger partial charge is 0.242 e. The van der Waals surface area contributed by atoms with Crippen molar-refractivity contribution in [2.45, 2.75) is 11.3 Å². The molecule has 0 saturated carbocycles. The Hall–Kier alpha value is -0.760. The van der Waals surface area contributed by atoms with E-state index in [1.165, 1.54) is 12.1 Å².